The number of halogens is 2. The van der Waals surface area contributed by atoms with Gasteiger partial charge in [0.15, 0.2) is 0 Å². The molecule has 2 aromatic rings. The molecule has 2 atom stereocenters. The normalized spacial score (nSPS) is 14.3. The standard InChI is InChI=1S/C13H14Br2N2S2/c1-2-9(16)13(10-4-5-11(15)18-10)19-12-6-3-8(14)7-17-12/h3-7,9,13H,2,16H2,1H3. The van der Waals surface area contributed by atoms with Crippen molar-refractivity contribution in [1.82, 2.24) is 4.98 Å². The molecular formula is C13H14Br2N2S2. The molecule has 2 N–H and O–H groups in total. The van der Waals surface area contributed by atoms with E-state index in [0.29, 0.717) is 0 Å². The average molecular weight is 422 g/mol. The van der Waals surface area contributed by atoms with Crippen LogP contribution in [0.15, 0.2) is 43.7 Å². The Morgan fingerprint density at radius 1 is 1.32 bits per heavy atom. The molecule has 2 heterocycles. The minimum absolute atomic E-state index is 0.126. The van der Waals surface area contributed by atoms with Gasteiger partial charge in [0, 0.05) is 21.6 Å². The Kier molecular flexibility index (Phi) is 5.89. The van der Waals surface area contributed by atoms with E-state index in [0.717, 1.165) is 19.7 Å². The van der Waals surface area contributed by atoms with Gasteiger partial charge in [-0.05, 0) is 62.5 Å². The average Bonchev–Trinajstić information content (AvgIpc) is 2.83. The molecule has 0 aliphatic heterocycles. The number of hydrogen-bond acceptors (Lipinski definition) is 4. The molecule has 0 aliphatic rings. The number of thioether (sulfide) groups is 1. The molecule has 0 radical (unpaired) electrons. The summed E-state index contributed by atoms with van der Waals surface area (Å²) < 4.78 is 2.13. The molecule has 0 fully saturated rings. The summed E-state index contributed by atoms with van der Waals surface area (Å²) in [5.41, 5.74) is 6.27. The topological polar surface area (TPSA) is 38.9 Å². The maximum absolute atomic E-state index is 6.27. The zero-order valence-electron chi connectivity index (χ0n) is 10.3. The van der Waals surface area contributed by atoms with Gasteiger partial charge in [-0.1, -0.05) is 18.7 Å². The Hall–Kier alpha value is 0.120. The summed E-state index contributed by atoms with van der Waals surface area (Å²) in [5.74, 6) is 0. The first-order valence-corrected chi connectivity index (χ1v) is 9.17. The minimum Gasteiger partial charge on any atom is -0.326 e. The van der Waals surface area contributed by atoms with Gasteiger partial charge in [0.05, 0.1) is 14.1 Å². The number of nitrogens with zero attached hydrogens (tertiary/aromatic N) is 1. The van der Waals surface area contributed by atoms with E-state index in [-0.39, 0.29) is 11.3 Å². The third-order valence-electron chi connectivity index (χ3n) is 2.68. The first-order chi connectivity index (χ1) is 9.10. The third kappa shape index (κ3) is 4.29. The van der Waals surface area contributed by atoms with Crippen LogP contribution in [0.1, 0.15) is 23.5 Å². The lowest BCUT2D eigenvalue weighted by molar-refractivity contribution is 0.639. The van der Waals surface area contributed by atoms with Crippen molar-refractivity contribution >= 4 is 55.0 Å². The van der Waals surface area contributed by atoms with Gasteiger partial charge >= 0.3 is 0 Å². The zero-order valence-corrected chi connectivity index (χ0v) is 15.2. The molecule has 2 aromatic heterocycles. The van der Waals surface area contributed by atoms with Crippen molar-refractivity contribution in [3.8, 4) is 0 Å². The summed E-state index contributed by atoms with van der Waals surface area (Å²) >= 11 is 10.4. The molecule has 0 aromatic carbocycles. The molecule has 0 aliphatic carbocycles. The zero-order chi connectivity index (χ0) is 13.8. The fourth-order valence-electron chi connectivity index (χ4n) is 1.61. The van der Waals surface area contributed by atoms with Gasteiger partial charge < -0.3 is 5.73 Å². The highest BCUT2D eigenvalue weighted by atomic mass is 79.9. The lowest BCUT2D eigenvalue weighted by Gasteiger charge is -2.20. The Labute approximate surface area is 138 Å². The van der Waals surface area contributed by atoms with Crippen molar-refractivity contribution in [2.24, 2.45) is 5.73 Å². The van der Waals surface area contributed by atoms with Crippen LogP contribution in [0, 0.1) is 0 Å². The summed E-state index contributed by atoms with van der Waals surface area (Å²) in [4.78, 5) is 5.71. The van der Waals surface area contributed by atoms with Gasteiger partial charge in [0.25, 0.3) is 0 Å². The van der Waals surface area contributed by atoms with Crippen molar-refractivity contribution in [2.75, 3.05) is 0 Å². The van der Waals surface area contributed by atoms with E-state index in [2.05, 4.69) is 55.9 Å². The van der Waals surface area contributed by atoms with E-state index >= 15 is 0 Å². The van der Waals surface area contributed by atoms with Gasteiger partial charge in [-0.2, -0.15) is 0 Å². The highest BCUT2D eigenvalue weighted by Gasteiger charge is 2.22. The van der Waals surface area contributed by atoms with Crippen molar-refractivity contribution in [2.45, 2.75) is 29.7 Å². The minimum atomic E-state index is 0.126. The van der Waals surface area contributed by atoms with Gasteiger partial charge in [0.2, 0.25) is 0 Å². The highest BCUT2D eigenvalue weighted by Crippen LogP contribution is 2.41. The molecule has 2 unspecified atom stereocenters. The lowest BCUT2D eigenvalue weighted by Crippen LogP contribution is -2.25. The largest absolute Gasteiger partial charge is 0.326 e. The number of nitrogens with two attached hydrogens (primary N) is 1. The monoisotopic (exact) mass is 420 g/mol. The summed E-state index contributed by atoms with van der Waals surface area (Å²) in [5, 5.41) is 1.25. The van der Waals surface area contributed by atoms with Gasteiger partial charge in [-0.25, -0.2) is 4.98 Å². The Bertz CT molecular complexity index is 528. The van der Waals surface area contributed by atoms with Crippen molar-refractivity contribution in [1.29, 1.82) is 0 Å². The second-order valence-electron chi connectivity index (χ2n) is 4.07. The molecule has 0 saturated heterocycles. The van der Waals surface area contributed by atoms with Crippen LogP contribution in [-0.4, -0.2) is 11.0 Å². The quantitative estimate of drug-likeness (QED) is 0.671. The van der Waals surface area contributed by atoms with Gasteiger partial charge in [-0.3, -0.25) is 0 Å². The van der Waals surface area contributed by atoms with E-state index in [4.69, 9.17) is 5.73 Å². The first kappa shape index (κ1) is 15.5. The highest BCUT2D eigenvalue weighted by molar-refractivity contribution is 9.11. The smallest absolute Gasteiger partial charge is 0.0967 e. The molecule has 0 amide bonds. The molecule has 2 nitrogen and oxygen atoms in total. The van der Waals surface area contributed by atoms with E-state index in [1.165, 1.54) is 4.88 Å². The van der Waals surface area contributed by atoms with E-state index in [1.54, 1.807) is 23.1 Å². The number of aromatic nitrogens is 1. The van der Waals surface area contributed by atoms with Crippen LogP contribution in [0.5, 0.6) is 0 Å². The summed E-state index contributed by atoms with van der Waals surface area (Å²) in [6.07, 6.45) is 2.77. The van der Waals surface area contributed by atoms with Gasteiger partial charge in [0.1, 0.15) is 0 Å². The second-order valence-corrected chi connectivity index (χ2v) is 8.64. The fourth-order valence-corrected chi connectivity index (χ4v) is 4.70. The first-order valence-electron chi connectivity index (χ1n) is 5.89. The summed E-state index contributed by atoms with van der Waals surface area (Å²) in [6.45, 7) is 2.12. The van der Waals surface area contributed by atoms with Crippen LogP contribution in [-0.2, 0) is 0 Å². The van der Waals surface area contributed by atoms with Crippen LogP contribution in [0.2, 0.25) is 0 Å². The predicted molar refractivity (Wildman–Crippen MR) is 90.8 cm³/mol. The van der Waals surface area contributed by atoms with Crippen LogP contribution >= 0.6 is 55.0 Å². The Morgan fingerprint density at radius 3 is 2.63 bits per heavy atom. The van der Waals surface area contributed by atoms with Crippen LogP contribution < -0.4 is 5.73 Å². The SMILES string of the molecule is CCC(N)C(Sc1ccc(Br)cn1)c1ccc(Br)s1. The van der Waals surface area contributed by atoms with Crippen LogP contribution in [0.3, 0.4) is 0 Å². The van der Waals surface area contributed by atoms with Crippen LogP contribution in [0.25, 0.3) is 0 Å². The maximum Gasteiger partial charge on any atom is 0.0967 e. The van der Waals surface area contributed by atoms with E-state index < -0.39 is 0 Å². The molecule has 19 heavy (non-hydrogen) atoms. The van der Waals surface area contributed by atoms with E-state index in [9.17, 15) is 0 Å². The summed E-state index contributed by atoms with van der Waals surface area (Å²) in [6, 6.07) is 8.37. The predicted octanol–water partition coefficient (Wildman–Crippen LogP) is 5.24. The maximum atomic E-state index is 6.27. The molecule has 0 saturated carbocycles. The van der Waals surface area contributed by atoms with Crippen molar-refractivity contribution < 1.29 is 0 Å². The van der Waals surface area contributed by atoms with Crippen molar-refractivity contribution in [3.63, 3.8) is 0 Å². The fraction of sp³-hybridized carbons (Fsp3) is 0.308. The van der Waals surface area contributed by atoms with E-state index in [1.807, 2.05) is 18.3 Å². The van der Waals surface area contributed by atoms with Gasteiger partial charge in [-0.15, -0.1) is 11.3 Å². The molecule has 0 bridgehead atoms. The Balaban J connectivity index is 2.21. The van der Waals surface area contributed by atoms with Crippen LogP contribution in [0.4, 0.5) is 0 Å². The second kappa shape index (κ2) is 7.22. The number of hydrogen-bond donors (Lipinski definition) is 1. The molecule has 0 spiro atoms. The molecule has 2 rings (SSSR count). The molecular weight excluding hydrogens is 408 g/mol. The number of rotatable bonds is 5. The lowest BCUT2D eigenvalue weighted by atomic mass is 10.1. The third-order valence-corrected chi connectivity index (χ3v) is 6.35. The van der Waals surface area contributed by atoms with Crippen molar-refractivity contribution in [3.05, 3.63) is 43.6 Å². The Morgan fingerprint density at radius 2 is 2.11 bits per heavy atom. The molecule has 102 valence electrons. The number of pyridine rings is 1. The molecule has 6 heteroatoms. The number of thiophene rings is 1. The summed E-state index contributed by atoms with van der Waals surface area (Å²) in [7, 11) is 0.